The van der Waals surface area contributed by atoms with Gasteiger partial charge in [0.15, 0.2) is 0 Å². The summed E-state index contributed by atoms with van der Waals surface area (Å²) in [4.78, 5) is 15.7. The molecule has 0 radical (unpaired) electrons. The number of hydrogen-bond donors (Lipinski definition) is 0. The van der Waals surface area contributed by atoms with E-state index in [1.807, 2.05) is 26.0 Å². The minimum Gasteiger partial charge on any atom is -0.464 e. The van der Waals surface area contributed by atoms with E-state index in [0.717, 1.165) is 16.5 Å². The molecular formula is C13H13NO2. The molecule has 82 valence electrons. The molecule has 0 spiro atoms. The van der Waals surface area contributed by atoms with Crippen molar-refractivity contribution < 1.29 is 9.53 Å². The predicted octanol–water partition coefficient (Wildman–Crippen LogP) is 2.64. The maximum atomic E-state index is 11.4. The first-order valence-electron chi connectivity index (χ1n) is 5.08. The smallest absolute Gasteiger partial charge is 0.356 e. The lowest BCUT2D eigenvalue weighted by Gasteiger charge is -2.05. The summed E-state index contributed by atoms with van der Waals surface area (Å²) in [6, 6.07) is 7.73. The summed E-state index contributed by atoms with van der Waals surface area (Å²) in [5.74, 6) is -0.398. The summed E-state index contributed by atoms with van der Waals surface area (Å²) in [6.45, 7) is 4.00. The van der Waals surface area contributed by atoms with Crippen LogP contribution in [0.15, 0.2) is 24.3 Å². The van der Waals surface area contributed by atoms with Crippen molar-refractivity contribution in [1.82, 2.24) is 4.98 Å². The van der Waals surface area contributed by atoms with E-state index in [1.165, 1.54) is 12.7 Å². The highest BCUT2D eigenvalue weighted by Crippen LogP contribution is 2.19. The summed E-state index contributed by atoms with van der Waals surface area (Å²) in [5.41, 5.74) is 3.40. The van der Waals surface area contributed by atoms with Crippen LogP contribution in [0.1, 0.15) is 21.6 Å². The number of fused-ring (bicyclic) bond motifs is 1. The van der Waals surface area contributed by atoms with Crippen molar-refractivity contribution >= 4 is 16.9 Å². The second kappa shape index (κ2) is 3.93. The van der Waals surface area contributed by atoms with Crippen LogP contribution >= 0.6 is 0 Å². The van der Waals surface area contributed by atoms with Crippen LogP contribution in [0.2, 0.25) is 0 Å². The molecule has 0 aliphatic rings. The maximum Gasteiger partial charge on any atom is 0.356 e. The molecule has 3 nitrogen and oxygen atoms in total. The molecule has 1 heterocycles. The SMILES string of the molecule is COC(=O)c1cc(C)c2cc(C)ccc2n1. The Bertz CT molecular complexity index is 561. The molecule has 1 aromatic carbocycles. The van der Waals surface area contributed by atoms with Gasteiger partial charge >= 0.3 is 5.97 Å². The average Bonchev–Trinajstić information content (AvgIpc) is 2.28. The molecule has 0 aliphatic heterocycles. The number of rotatable bonds is 1. The van der Waals surface area contributed by atoms with Gasteiger partial charge in [0.05, 0.1) is 12.6 Å². The summed E-state index contributed by atoms with van der Waals surface area (Å²) >= 11 is 0. The van der Waals surface area contributed by atoms with Gasteiger partial charge in [0.25, 0.3) is 0 Å². The van der Waals surface area contributed by atoms with Crippen LogP contribution in [0.4, 0.5) is 0 Å². The van der Waals surface area contributed by atoms with Crippen molar-refractivity contribution in [2.45, 2.75) is 13.8 Å². The Morgan fingerprint density at radius 1 is 1.25 bits per heavy atom. The first kappa shape index (κ1) is 10.6. The Balaban J connectivity index is 2.68. The zero-order chi connectivity index (χ0) is 11.7. The van der Waals surface area contributed by atoms with Crippen LogP contribution < -0.4 is 0 Å². The number of aryl methyl sites for hydroxylation is 2. The van der Waals surface area contributed by atoms with E-state index in [-0.39, 0.29) is 0 Å². The lowest BCUT2D eigenvalue weighted by molar-refractivity contribution is 0.0594. The largest absolute Gasteiger partial charge is 0.464 e. The highest BCUT2D eigenvalue weighted by atomic mass is 16.5. The number of hydrogen-bond acceptors (Lipinski definition) is 3. The summed E-state index contributed by atoms with van der Waals surface area (Å²) < 4.78 is 4.66. The van der Waals surface area contributed by atoms with Crippen molar-refractivity contribution in [2.75, 3.05) is 7.11 Å². The standard InChI is InChI=1S/C13H13NO2/c1-8-4-5-11-10(6-8)9(2)7-12(14-11)13(15)16-3/h4-7H,1-3H3. The molecule has 0 fully saturated rings. The number of benzene rings is 1. The Kier molecular flexibility index (Phi) is 2.60. The van der Waals surface area contributed by atoms with E-state index in [2.05, 4.69) is 15.8 Å². The molecule has 0 amide bonds. The van der Waals surface area contributed by atoms with Gasteiger partial charge < -0.3 is 4.74 Å². The van der Waals surface area contributed by atoms with Gasteiger partial charge in [-0.2, -0.15) is 0 Å². The number of nitrogens with zero attached hydrogens (tertiary/aromatic N) is 1. The fourth-order valence-corrected chi connectivity index (χ4v) is 1.72. The van der Waals surface area contributed by atoms with Crippen molar-refractivity contribution in [1.29, 1.82) is 0 Å². The van der Waals surface area contributed by atoms with Gasteiger partial charge in [0, 0.05) is 5.39 Å². The van der Waals surface area contributed by atoms with Gasteiger partial charge in [-0.15, -0.1) is 0 Å². The van der Waals surface area contributed by atoms with E-state index in [0.29, 0.717) is 5.69 Å². The molecule has 1 aromatic heterocycles. The minimum absolute atomic E-state index is 0.358. The van der Waals surface area contributed by atoms with Crippen LogP contribution in [0.25, 0.3) is 10.9 Å². The van der Waals surface area contributed by atoms with Crippen LogP contribution in [-0.4, -0.2) is 18.1 Å². The number of methoxy groups -OCH3 is 1. The van der Waals surface area contributed by atoms with E-state index < -0.39 is 5.97 Å². The highest BCUT2D eigenvalue weighted by Gasteiger charge is 2.10. The van der Waals surface area contributed by atoms with Crippen molar-refractivity contribution in [3.05, 3.63) is 41.1 Å². The number of carbonyl (C=O) groups is 1. The zero-order valence-electron chi connectivity index (χ0n) is 9.57. The molecule has 0 bridgehead atoms. The quantitative estimate of drug-likeness (QED) is 0.686. The van der Waals surface area contributed by atoms with E-state index in [4.69, 9.17) is 0 Å². The molecule has 0 N–H and O–H groups in total. The zero-order valence-corrected chi connectivity index (χ0v) is 9.57. The first-order valence-corrected chi connectivity index (χ1v) is 5.08. The number of carbonyl (C=O) groups excluding carboxylic acids is 1. The van der Waals surface area contributed by atoms with Crippen LogP contribution in [-0.2, 0) is 4.74 Å². The lowest BCUT2D eigenvalue weighted by Crippen LogP contribution is -2.05. The van der Waals surface area contributed by atoms with E-state index in [1.54, 1.807) is 6.07 Å². The summed E-state index contributed by atoms with van der Waals surface area (Å²) in [7, 11) is 1.36. The molecule has 0 saturated carbocycles. The first-order chi connectivity index (χ1) is 7.61. The fraction of sp³-hybridized carbons (Fsp3) is 0.231. The normalized spacial score (nSPS) is 10.4. The average molecular weight is 215 g/mol. The lowest BCUT2D eigenvalue weighted by atomic mass is 10.1. The topological polar surface area (TPSA) is 39.2 Å². The van der Waals surface area contributed by atoms with Crippen LogP contribution in [0.3, 0.4) is 0 Å². The fourth-order valence-electron chi connectivity index (χ4n) is 1.72. The molecule has 0 saturated heterocycles. The van der Waals surface area contributed by atoms with Gasteiger partial charge in [0.2, 0.25) is 0 Å². The Labute approximate surface area is 94.1 Å². The highest BCUT2D eigenvalue weighted by molar-refractivity contribution is 5.92. The van der Waals surface area contributed by atoms with Gasteiger partial charge in [-0.05, 0) is 37.6 Å². The molecular weight excluding hydrogens is 202 g/mol. The summed E-state index contributed by atoms with van der Waals surface area (Å²) in [6.07, 6.45) is 0. The minimum atomic E-state index is -0.398. The Morgan fingerprint density at radius 3 is 2.69 bits per heavy atom. The molecule has 16 heavy (non-hydrogen) atoms. The molecule has 0 unspecified atom stereocenters. The molecule has 2 rings (SSSR count). The third-order valence-electron chi connectivity index (χ3n) is 2.57. The summed E-state index contributed by atoms with van der Waals surface area (Å²) in [5, 5.41) is 1.08. The molecule has 0 atom stereocenters. The van der Waals surface area contributed by atoms with Crippen molar-refractivity contribution in [3.8, 4) is 0 Å². The number of esters is 1. The number of pyridine rings is 1. The van der Waals surface area contributed by atoms with Gasteiger partial charge in [-0.25, -0.2) is 9.78 Å². The Morgan fingerprint density at radius 2 is 2.00 bits per heavy atom. The van der Waals surface area contributed by atoms with Crippen molar-refractivity contribution in [2.24, 2.45) is 0 Å². The predicted molar refractivity (Wildman–Crippen MR) is 62.6 cm³/mol. The number of ether oxygens (including phenoxy) is 1. The molecule has 3 heteroatoms. The van der Waals surface area contributed by atoms with Crippen molar-refractivity contribution in [3.63, 3.8) is 0 Å². The maximum absolute atomic E-state index is 11.4. The number of aromatic nitrogens is 1. The molecule has 0 aliphatic carbocycles. The van der Waals surface area contributed by atoms with Gasteiger partial charge in [-0.1, -0.05) is 11.6 Å². The third-order valence-corrected chi connectivity index (χ3v) is 2.57. The second-order valence-corrected chi connectivity index (χ2v) is 3.84. The van der Waals surface area contributed by atoms with E-state index in [9.17, 15) is 4.79 Å². The Hall–Kier alpha value is -1.90. The monoisotopic (exact) mass is 215 g/mol. The van der Waals surface area contributed by atoms with Gasteiger partial charge in [-0.3, -0.25) is 0 Å². The second-order valence-electron chi connectivity index (χ2n) is 3.84. The van der Waals surface area contributed by atoms with Crippen LogP contribution in [0, 0.1) is 13.8 Å². The van der Waals surface area contributed by atoms with Gasteiger partial charge in [0.1, 0.15) is 5.69 Å². The third kappa shape index (κ3) is 1.76. The molecule has 2 aromatic rings. The van der Waals surface area contributed by atoms with E-state index >= 15 is 0 Å². The van der Waals surface area contributed by atoms with Crippen LogP contribution in [0.5, 0.6) is 0 Å².